The fourth-order valence-electron chi connectivity index (χ4n) is 8.14. The molecule has 2 aromatic carbocycles. The van der Waals surface area contributed by atoms with Crippen LogP contribution in [0, 0.1) is 12.3 Å². The highest BCUT2D eigenvalue weighted by Crippen LogP contribution is 2.30. The molecule has 3 aromatic rings. The number of carbonyl (C=O) groups excluding carboxylic acids is 4. The predicted molar refractivity (Wildman–Crippen MR) is 243 cm³/mol. The quantitative estimate of drug-likeness (QED) is 0.0643. The van der Waals surface area contributed by atoms with E-state index in [1.165, 1.54) is 19.3 Å². The van der Waals surface area contributed by atoms with Crippen LogP contribution in [0.15, 0.2) is 54.0 Å². The Morgan fingerprint density at radius 3 is 2.15 bits per heavy atom. The van der Waals surface area contributed by atoms with Gasteiger partial charge in [0.2, 0.25) is 17.7 Å². The number of carbonyl (C=O) groups is 4. The van der Waals surface area contributed by atoms with Crippen LogP contribution in [0.25, 0.3) is 10.4 Å². The molecule has 328 valence electrons. The summed E-state index contributed by atoms with van der Waals surface area (Å²) < 4.78 is 0. The van der Waals surface area contributed by atoms with Crippen LogP contribution in [-0.4, -0.2) is 96.3 Å². The highest BCUT2D eigenvalue weighted by Gasteiger charge is 2.42. The first-order chi connectivity index (χ1) is 28.8. The number of aromatic nitrogens is 1. The molecular formula is C47H70N8O4S. The summed E-state index contributed by atoms with van der Waals surface area (Å²) in [6.07, 6.45) is 10.4. The summed E-state index contributed by atoms with van der Waals surface area (Å²) in [5.41, 5.74) is 12.0. The fourth-order valence-corrected chi connectivity index (χ4v) is 8.96. The number of hydrogen-bond acceptors (Lipinski definition) is 9. The monoisotopic (exact) mass is 843 g/mol. The molecule has 12 nitrogen and oxygen atoms in total. The summed E-state index contributed by atoms with van der Waals surface area (Å²) in [5.74, 6) is -0.546. The fraction of sp³-hybridized carbons (Fsp3) is 0.596. The van der Waals surface area contributed by atoms with Crippen molar-refractivity contribution in [2.75, 3.05) is 50.7 Å². The molecule has 4 amide bonds. The molecule has 3 heterocycles. The lowest BCUT2D eigenvalue weighted by molar-refractivity contribution is -0.144. The van der Waals surface area contributed by atoms with Gasteiger partial charge in [-0.1, -0.05) is 84.1 Å². The van der Waals surface area contributed by atoms with Crippen molar-refractivity contribution in [3.8, 4) is 10.4 Å². The Labute approximate surface area is 362 Å². The number of piperazine rings is 1. The van der Waals surface area contributed by atoms with Crippen LogP contribution in [0.5, 0.6) is 0 Å². The van der Waals surface area contributed by atoms with Gasteiger partial charge in [0.05, 0.1) is 22.1 Å². The smallest absolute Gasteiger partial charge is 0.265 e. The van der Waals surface area contributed by atoms with Crippen molar-refractivity contribution in [3.63, 3.8) is 0 Å². The van der Waals surface area contributed by atoms with E-state index in [-0.39, 0.29) is 29.7 Å². The Morgan fingerprint density at radius 2 is 1.52 bits per heavy atom. The second-order valence-corrected chi connectivity index (χ2v) is 18.5. The molecule has 2 aliphatic heterocycles. The summed E-state index contributed by atoms with van der Waals surface area (Å²) in [6.45, 7) is 18.4. The molecule has 2 aliphatic rings. The van der Waals surface area contributed by atoms with E-state index >= 15 is 0 Å². The number of rotatable bonds is 21. The van der Waals surface area contributed by atoms with Crippen LogP contribution >= 0.6 is 11.3 Å². The van der Waals surface area contributed by atoms with Crippen LogP contribution in [0.1, 0.15) is 133 Å². The number of aryl methyl sites for hydroxylation is 1. The highest BCUT2D eigenvalue weighted by atomic mass is 32.1. The molecule has 0 aliphatic carbocycles. The van der Waals surface area contributed by atoms with Gasteiger partial charge in [-0.15, -0.1) is 11.3 Å². The van der Waals surface area contributed by atoms with Gasteiger partial charge >= 0.3 is 0 Å². The molecule has 3 atom stereocenters. The zero-order chi connectivity index (χ0) is 43.1. The molecule has 2 fully saturated rings. The first-order valence-corrected chi connectivity index (χ1v) is 23.2. The molecule has 60 heavy (non-hydrogen) atoms. The van der Waals surface area contributed by atoms with Crippen molar-refractivity contribution in [3.05, 3.63) is 70.9 Å². The van der Waals surface area contributed by atoms with Crippen molar-refractivity contribution in [1.82, 2.24) is 36.3 Å². The molecule has 13 heteroatoms. The average molecular weight is 843 g/mol. The van der Waals surface area contributed by atoms with Gasteiger partial charge in [-0.25, -0.2) is 10.4 Å². The maximum absolute atomic E-state index is 14.0. The Balaban J connectivity index is 0.945. The van der Waals surface area contributed by atoms with Crippen LogP contribution < -0.4 is 26.4 Å². The minimum Gasteiger partial charge on any atom is -0.369 e. The third kappa shape index (κ3) is 13.6. The van der Waals surface area contributed by atoms with E-state index in [1.807, 2.05) is 76.5 Å². The predicted octanol–water partition coefficient (Wildman–Crippen LogP) is 7.41. The van der Waals surface area contributed by atoms with Crippen LogP contribution in [0.4, 0.5) is 5.69 Å². The molecule has 1 aromatic heterocycles. The van der Waals surface area contributed by atoms with E-state index in [0.29, 0.717) is 24.9 Å². The number of unbranched alkanes of at least 4 members (excludes halogenated alkanes) is 6. The van der Waals surface area contributed by atoms with E-state index in [4.69, 9.17) is 0 Å². The molecule has 0 bridgehead atoms. The second kappa shape index (κ2) is 23.0. The maximum atomic E-state index is 14.0. The van der Waals surface area contributed by atoms with Gasteiger partial charge in [-0.05, 0) is 93.3 Å². The number of thiazole rings is 1. The number of hydrogen-bond donors (Lipinski definition) is 4. The highest BCUT2D eigenvalue weighted by molar-refractivity contribution is 7.13. The molecule has 0 unspecified atom stereocenters. The van der Waals surface area contributed by atoms with Gasteiger partial charge in [0.15, 0.2) is 0 Å². The summed E-state index contributed by atoms with van der Waals surface area (Å²) in [6, 6.07) is 14.6. The number of nitrogens with one attached hydrogen (secondary N) is 4. The van der Waals surface area contributed by atoms with Crippen molar-refractivity contribution in [1.29, 1.82) is 0 Å². The first-order valence-electron chi connectivity index (χ1n) is 22.4. The molecule has 5 rings (SSSR count). The lowest BCUT2D eigenvalue weighted by Gasteiger charge is -2.36. The Bertz CT molecular complexity index is 1820. The van der Waals surface area contributed by atoms with E-state index < -0.39 is 17.5 Å². The summed E-state index contributed by atoms with van der Waals surface area (Å²) >= 11 is 1.61. The van der Waals surface area contributed by atoms with Gasteiger partial charge in [0.25, 0.3) is 5.91 Å². The van der Waals surface area contributed by atoms with Crippen molar-refractivity contribution < 1.29 is 19.2 Å². The zero-order valence-electron chi connectivity index (χ0n) is 37.0. The zero-order valence-corrected chi connectivity index (χ0v) is 37.8. The standard InChI is InChI=1S/C47H70N8O4S/c1-7-26-49-52-44(57)38-22-24-39(25-23-38)54-31-29-53(30-32-54)27-14-12-10-8-9-11-13-17-41(56)51-43(47(4,5)6)46(59)55-28-15-16-40(55)45(58)50-34(2)36-18-20-37(21-19-36)42-35(3)48-33-60-42/h18-25,33-34,40,43,49H,7-17,26-32H2,1-6H3,(H,50,58)(H,51,56)(H,52,57)/t34-,40-,43+/m0/s1. The Kier molecular flexibility index (Phi) is 17.9. The van der Waals surface area contributed by atoms with E-state index in [0.717, 1.165) is 105 Å². The minimum absolute atomic E-state index is 0.103. The topological polar surface area (TPSA) is 139 Å². The molecule has 2 saturated heterocycles. The molecule has 0 radical (unpaired) electrons. The SMILES string of the molecule is CCCNNC(=O)c1ccc(N2CCN(CCCCCCCCCC(=O)N[C@H](C(=O)N3CCC[C@H]3C(=O)N[C@@H](C)c3ccc(-c4scnc4C)cc3)C(C)(C)C)CC2)cc1. The number of nitrogens with zero attached hydrogens (tertiary/aromatic N) is 4. The van der Waals surface area contributed by atoms with Crippen LogP contribution in [0.3, 0.4) is 0 Å². The maximum Gasteiger partial charge on any atom is 0.265 e. The lowest BCUT2D eigenvalue weighted by atomic mass is 9.85. The van der Waals surface area contributed by atoms with Crippen LogP contribution in [0.2, 0.25) is 0 Å². The van der Waals surface area contributed by atoms with E-state index in [2.05, 4.69) is 55.3 Å². The van der Waals surface area contributed by atoms with Crippen molar-refractivity contribution in [2.45, 2.75) is 130 Å². The Hall–Kier alpha value is -4.33. The third-order valence-corrected chi connectivity index (χ3v) is 12.8. The van der Waals surface area contributed by atoms with Gasteiger partial charge in [-0.2, -0.15) is 0 Å². The number of likely N-dealkylation sites (tertiary alicyclic amines) is 1. The van der Waals surface area contributed by atoms with E-state index in [9.17, 15) is 19.2 Å². The number of amides is 4. The summed E-state index contributed by atoms with van der Waals surface area (Å²) in [7, 11) is 0. The molecular weight excluding hydrogens is 773 g/mol. The van der Waals surface area contributed by atoms with Gasteiger partial charge in [-0.3, -0.25) is 29.5 Å². The van der Waals surface area contributed by atoms with Gasteiger partial charge < -0.3 is 20.4 Å². The lowest BCUT2D eigenvalue weighted by Crippen LogP contribution is -2.57. The second-order valence-electron chi connectivity index (χ2n) is 17.7. The molecule has 0 spiro atoms. The summed E-state index contributed by atoms with van der Waals surface area (Å²) in [5, 5.41) is 6.22. The van der Waals surface area contributed by atoms with Crippen molar-refractivity contribution in [2.24, 2.45) is 5.41 Å². The minimum atomic E-state index is -0.708. The van der Waals surface area contributed by atoms with Gasteiger partial charge in [0.1, 0.15) is 12.1 Å². The van der Waals surface area contributed by atoms with Crippen molar-refractivity contribution >= 4 is 40.7 Å². The average Bonchev–Trinajstić information content (AvgIpc) is 3.92. The number of hydrazine groups is 1. The first kappa shape index (κ1) is 46.7. The number of benzene rings is 2. The normalized spacial score (nSPS) is 17.0. The van der Waals surface area contributed by atoms with E-state index in [1.54, 1.807) is 16.2 Å². The largest absolute Gasteiger partial charge is 0.369 e. The summed E-state index contributed by atoms with van der Waals surface area (Å²) in [4.78, 5) is 65.2. The third-order valence-electron chi connectivity index (χ3n) is 11.9. The number of anilines is 1. The Morgan fingerprint density at radius 1 is 0.850 bits per heavy atom. The molecule has 4 N–H and O–H groups in total. The van der Waals surface area contributed by atoms with Gasteiger partial charge in [0, 0.05) is 56.9 Å². The van der Waals surface area contributed by atoms with Crippen LogP contribution in [-0.2, 0) is 14.4 Å². The molecule has 0 saturated carbocycles.